The summed E-state index contributed by atoms with van der Waals surface area (Å²) in [6.07, 6.45) is 1.06. The van der Waals surface area contributed by atoms with E-state index < -0.39 is 15.6 Å². The number of hydrogen-bond donors (Lipinski definition) is 2. The highest BCUT2D eigenvalue weighted by molar-refractivity contribution is 9.10. The second kappa shape index (κ2) is 5.97. The first-order valence-corrected chi connectivity index (χ1v) is 9.40. The molecule has 0 amide bonds. The number of sulfone groups is 1. The number of carbonyl (C=O) groups excluding carboxylic acids is 1. The van der Waals surface area contributed by atoms with Crippen molar-refractivity contribution >= 4 is 37.2 Å². The van der Waals surface area contributed by atoms with E-state index in [2.05, 4.69) is 21.0 Å². The molecule has 2 rings (SSSR count). The number of hydrogen-bond acceptors (Lipinski definition) is 6. The molecule has 3 N–H and O–H groups in total. The van der Waals surface area contributed by atoms with Gasteiger partial charge in [-0.05, 0) is 35.0 Å². The average Bonchev–Trinajstić information content (AvgIpc) is 2.67. The molecule has 0 fully saturated rings. The van der Waals surface area contributed by atoms with Crippen LogP contribution in [0.1, 0.15) is 27.2 Å². The number of rotatable bonds is 4. The molecule has 0 radical (unpaired) electrons. The molecule has 1 heterocycles. The van der Waals surface area contributed by atoms with Gasteiger partial charge in [-0.15, -0.1) is 0 Å². The summed E-state index contributed by atoms with van der Waals surface area (Å²) in [6.45, 7) is 1.59. The summed E-state index contributed by atoms with van der Waals surface area (Å²) >= 11 is 3.23. The lowest BCUT2D eigenvalue weighted by Gasteiger charge is -2.12. The van der Waals surface area contributed by atoms with Gasteiger partial charge in [-0.3, -0.25) is 4.79 Å². The van der Waals surface area contributed by atoms with Gasteiger partial charge in [-0.1, -0.05) is 0 Å². The van der Waals surface area contributed by atoms with E-state index in [-0.39, 0.29) is 34.0 Å². The summed E-state index contributed by atoms with van der Waals surface area (Å²) in [5.74, 6) is -1.18. The number of carbonyl (C=O) groups is 1. The standard InChI is InChI=1S/C14H16BrN3O4S/c1-7-11(14(20)18(2)17-7)13(19)8-4-5-10(15)12(16)9(8)6-23(3,21)22/h4-5,20H,6,16H2,1-3H3. The van der Waals surface area contributed by atoms with Gasteiger partial charge in [0, 0.05) is 28.9 Å². The summed E-state index contributed by atoms with van der Waals surface area (Å²) in [5, 5.41) is 14.0. The lowest BCUT2D eigenvalue weighted by molar-refractivity contribution is 0.103. The van der Waals surface area contributed by atoms with Gasteiger partial charge in [0.15, 0.2) is 9.84 Å². The predicted molar refractivity (Wildman–Crippen MR) is 90.1 cm³/mol. The Morgan fingerprint density at radius 3 is 2.52 bits per heavy atom. The fourth-order valence-electron chi connectivity index (χ4n) is 2.31. The number of aryl methyl sites for hydroxylation is 2. The highest BCUT2D eigenvalue weighted by Gasteiger charge is 2.26. The van der Waals surface area contributed by atoms with Crippen molar-refractivity contribution in [1.29, 1.82) is 0 Å². The molecule has 1 aromatic carbocycles. The van der Waals surface area contributed by atoms with Crippen molar-refractivity contribution in [3.8, 4) is 5.88 Å². The van der Waals surface area contributed by atoms with E-state index in [1.807, 2.05) is 0 Å². The van der Waals surface area contributed by atoms with Gasteiger partial charge in [-0.25, -0.2) is 13.1 Å². The number of aromatic hydroxyl groups is 1. The molecule has 23 heavy (non-hydrogen) atoms. The zero-order valence-corrected chi connectivity index (χ0v) is 15.2. The predicted octanol–water partition coefficient (Wildman–Crippen LogP) is 1.55. The molecule has 124 valence electrons. The molecule has 0 aliphatic heterocycles. The lowest BCUT2D eigenvalue weighted by Crippen LogP contribution is -2.13. The van der Waals surface area contributed by atoms with Gasteiger partial charge in [0.2, 0.25) is 11.7 Å². The van der Waals surface area contributed by atoms with E-state index in [9.17, 15) is 18.3 Å². The molecule has 0 saturated carbocycles. The van der Waals surface area contributed by atoms with Crippen LogP contribution in [0.4, 0.5) is 5.69 Å². The third-order valence-corrected chi connectivity index (χ3v) is 4.88. The number of nitrogen functional groups attached to an aromatic ring is 1. The number of aromatic nitrogens is 2. The van der Waals surface area contributed by atoms with Crippen LogP contribution in [0.25, 0.3) is 0 Å². The number of nitrogens with two attached hydrogens (primary N) is 1. The van der Waals surface area contributed by atoms with Crippen LogP contribution in [-0.4, -0.2) is 35.3 Å². The quantitative estimate of drug-likeness (QED) is 0.592. The van der Waals surface area contributed by atoms with E-state index in [4.69, 9.17) is 5.73 Å². The van der Waals surface area contributed by atoms with Gasteiger partial charge in [0.05, 0.1) is 17.1 Å². The first kappa shape index (κ1) is 17.5. The molecule has 9 heteroatoms. The number of benzene rings is 1. The zero-order chi connectivity index (χ0) is 17.5. The molecule has 0 aliphatic carbocycles. The number of anilines is 1. The maximum atomic E-state index is 12.8. The zero-order valence-electron chi connectivity index (χ0n) is 12.8. The Morgan fingerprint density at radius 2 is 2.04 bits per heavy atom. The van der Waals surface area contributed by atoms with Crippen molar-refractivity contribution in [2.45, 2.75) is 12.7 Å². The molecule has 0 bridgehead atoms. The molecule has 0 aliphatic rings. The second-order valence-electron chi connectivity index (χ2n) is 5.29. The topological polar surface area (TPSA) is 115 Å². The van der Waals surface area contributed by atoms with Crippen molar-refractivity contribution in [3.63, 3.8) is 0 Å². The highest BCUT2D eigenvalue weighted by atomic mass is 79.9. The maximum Gasteiger partial charge on any atom is 0.220 e. The number of nitrogens with zero attached hydrogens (tertiary/aromatic N) is 2. The van der Waals surface area contributed by atoms with Crippen LogP contribution in [-0.2, 0) is 22.6 Å². The Balaban J connectivity index is 2.68. The summed E-state index contributed by atoms with van der Waals surface area (Å²) < 4.78 is 25.0. The van der Waals surface area contributed by atoms with Crippen LogP contribution in [0.15, 0.2) is 16.6 Å². The molecular weight excluding hydrogens is 386 g/mol. The summed E-state index contributed by atoms with van der Waals surface area (Å²) in [7, 11) is -1.90. The Hall–Kier alpha value is -1.87. The van der Waals surface area contributed by atoms with Gasteiger partial charge in [0.1, 0.15) is 5.56 Å². The maximum absolute atomic E-state index is 12.8. The van der Waals surface area contributed by atoms with E-state index >= 15 is 0 Å². The van der Waals surface area contributed by atoms with E-state index in [0.29, 0.717) is 10.2 Å². The van der Waals surface area contributed by atoms with Crippen LogP contribution in [0.3, 0.4) is 0 Å². The summed E-state index contributed by atoms with van der Waals surface area (Å²) in [4.78, 5) is 12.8. The minimum atomic E-state index is -3.41. The molecule has 7 nitrogen and oxygen atoms in total. The Morgan fingerprint density at radius 1 is 1.43 bits per heavy atom. The monoisotopic (exact) mass is 401 g/mol. The van der Waals surface area contributed by atoms with Crippen LogP contribution in [0.5, 0.6) is 5.88 Å². The van der Waals surface area contributed by atoms with Gasteiger partial charge < -0.3 is 10.8 Å². The summed E-state index contributed by atoms with van der Waals surface area (Å²) in [5.41, 5.74) is 6.83. The first-order valence-electron chi connectivity index (χ1n) is 6.54. The minimum Gasteiger partial charge on any atom is -0.493 e. The normalized spacial score (nSPS) is 11.7. The lowest BCUT2D eigenvalue weighted by atomic mass is 9.98. The summed E-state index contributed by atoms with van der Waals surface area (Å²) in [6, 6.07) is 3.05. The van der Waals surface area contributed by atoms with Crippen molar-refractivity contribution in [2.75, 3.05) is 12.0 Å². The molecule has 1 aromatic heterocycles. The van der Waals surface area contributed by atoms with Crippen LogP contribution < -0.4 is 5.73 Å². The second-order valence-corrected chi connectivity index (χ2v) is 8.29. The Bertz CT molecular complexity index is 903. The number of halogens is 1. The van der Waals surface area contributed by atoms with Gasteiger partial charge in [-0.2, -0.15) is 5.10 Å². The van der Waals surface area contributed by atoms with Crippen LogP contribution in [0, 0.1) is 6.92 Å². The highest BCUT2D eigenvalue weighted by Crippen LogP contribution is 2.31. The fourth-order valence-corrected chi connectivity index (χ4v) is 3.52. The van der Waals surface area contributed by atoms with Gasteiger partial charge in [0.25, 0.3) is 0 Å². The van der Waals surface area contributed by atoms with E-state index in [0.717, 1.165) is 6.26 Å². The van der Waals surface area contributed by atoms with Crippen LogP contribution >= 0.6 is 15.9 Å². The molecule has 0 unspecified atom stereocenters. The third-order valence-electron chi connectivity index (χ3n) is 3.37. The minimum absolute atomic E-state index is 0.0315. The number of ketones is 1. The van der Waals surface area contributed by atoms with Crippen molar-refractivity contribution in [1.82, 2.24) is 9.78 Å². The Kier molecular flexibility index (Phi) is 4.54. The van der Waals surface area contributed by atoms with Crippen molar-refractivity contribution in [2.24, 2.45) is 7.05 Å². The van der Waals surface area contributed by atoms with Crippen molar-refractivity contribution in [3.05, 3.63) is 39.0 Å². The molecule has 0 atom stereocenters. The van der Waals surface area contributed by atoms with Crippen LogP contribution in [0.2, 0.25) is 0 Å². The molecule has 2 aromatic rings. The third kappa shape index (κ3) is 3.40. The first-order chi connectivity index (χ1) is 10.5. The van der Waals surface area contributed by atoms with E-state index in [1.54, 1.807) is 13.0 Å². The molecule has 0 spiro atoms. The Labute approximate surface area is 142 Å². The van der Waals surface area contributed by atoms with E-state index in [1.165, 1.54) is 17.8 Å². The largest absolute Gasteiger partial charge is 0.493 e. The molecule has 0 saturated heterocycles. The smallest absolute Gasteiger partial charge is 0.220 e. The van der Waals surface area contributed by atoms with Gasteiger partial charge >= 0.3 is 0 Å². The SMILES string of the molecule is Cc1nn(C)c(O)c1C(=O)c1ccc(Br)c(N)c1CS(C)(=O)=O. The van der Waals surface area contributed by atoms with Crippen molar-refractivity contribution < 1.29 is 18.3 Å². The fraction of sp³-hybridized carbons (Fsp3) is 0.286. The molecular formula is C14H16BrN3O4S. The average molecular weight is 402 g/mol.